The molecule has 76 valence electrons. The molecule has 0 fully saturated rings. The topological polar surface area (TPSA) is 0 Å². The molecule has 0 unspecified atom stereocenters. The Balaban J connectivity index is 3.13. The van der Waals surface area contributed by atoms with E-state index in [1.54, 1.807) is 6.08 Å². The molecule has 0 nitrogen and oxygen atoms in total. The lowest BCUT2D eigenvalue weighted by Crippen LogP contribution is -1.90. The molecular weight excluding hydrogens is 206 g/mol. The number of hydrogen-bond donors (Lipinski definition) is 0. The zero-order valence-electron chi connectivity index (χ0n) is 8.02. The summed E-state index contributed by atoms with van der Waals surface area (Å²) in [5.41, 5.74) is -0.0776. The molecule has 1 aromatic rings. The molecule has 1 rings (SSSR count). The van der Waals surface area contributed by atoms with E-state index < -0.39 is 11.6 Å². The summed E-state index contributed by atoms with van der Waals surface area (Å²) >= 11 is 5.53. The highest BCUT2D eigenvalue weighted by molar-refractivity contribution is 6.30. The van der Waals surface area contributed by atoms with Crippen molar-refractivity contribution in [2.45, 2.75) is 13.8 Å². The van der Waals surface area contributed by atoms with Gasteiger partial charge in [0, 0.05) is 5.56 Å². The van der Waals surface area contributed by atoms with Crippen LogP contribution in [0.1, 0.15) is 19.4 Å². The van der Waals surface area contributed by atoms with Gasteiger partial charge in [-0.25, -0.2) is 8.78 Å². The number of halogens is 3. The zero-order valence-corrected chi connectivity index (χ0v) is 8.78. The quantitative estimate of drug-likeness (QED) is 0.647. The third-order valence-electron chi connectivity index (χ3n) is 1.73. The van der Waals surface area contributed by atoms with Crippen LogP contribution in [0.3, 0.4) is 0 Å². The Kier molecular flexibility index (Phi) is 3.64. The summed E-state index contributed by atoms with van der Waals surface area (Å²) in [6.07, 6.45) is 3.14. The van der Waals surface area contributed by atoms with E-state index in [1.165, 1.54) is 12.1 Å². The molecule has 0 aliphatic carbocycles. The Bertz CT molecular complexity index is 357. The van der Waals surface area contributed by atoms with Gasteiger partial charge in [0.15, 0.2) is 5.82 Å². The van der Waals surface area contributed by atoms with E-state index >= 15 is 0 Å². The minimum Gasteiger partial charge on any atom is -0.206 e. The number of hydrogen-bond acceptors (Lipinski definition) is 0. The van der Waals surface area contributed by atoms with E-state index in [9.17, 15) is 8.78 Å². The van der Waals surface area contributed by atoms with Gasteiger partial charge in [0.2, 0.25) is 0 Å². The molecule has 0 bridgehead atoms. The average Bonchev–Trinajstić information content (AvgIpc) is 2.11. The molecule has 0 N–H and O–H groups in total. The maximum absolute atomic E-state index is 13.3. The lowest BCUT2D eigenvalue weighted by atomic mass is 10.1. The van der Waals surface area contributed by atoms with Crippen LogP contribution in [-0.2, 0) is 0 Å². The third-order valence-corrected chi connectivity index (χ3v) is 2.02. The van der Waals surface area contributed by atoms with Gasteiger partial charge in [-0.15, -0.1) is 0 Å². The highest BCUT2D eigenvalue weighted by atomic mass is 35.5. The summed E-state index contributed by atoms with van der Waals surface area (Å²) in [6, 6.07) is 2.37. The zero-order chi connectivity index (χ0) is 10.7. The van der Waals surface area contributed by atoms with E-state index in [0.29, 0.717) is 0 Å². The Morgan fingerprint density at radius 1 is 1.29 bits per heavy atom. The maximum atomic E-state index is 13.3. The van der Waals surface area contributed by atoms with Crippen LogP contribution in [0.5, 0.6) is 0 Å². The van der Waals surface area contributed by atoms with Crippen LogP contribution in [-0.4, -0.2) is 0 Å². The van der Waals surface area contributed by atoms with Gasteiger partial charge in [-0.1, -0.05) is 37.6 Å². The van der Waals surface area contributed by atoms with Gasteiger partial charge in [0.1, 0.15) is 5.82 Å². The molecule has 0 atom stereocenters. The summed E-state index contributed by atoms with van der Waals surface area (Å²) in [6.45, 7) is 3.85. The molecule has 0 aliphatic rings. The molecule has 1 aromatic carbocycles. The number of allylic oxidation sites excluding steroid dienone is 1. The molecule has 0 spiro atoms. The molecule has 0 saturated carbocycles. The minimum atomic E-state index is -0.705. The Morgan fingerprint density at radius 2 is 1.93 bits per heavy atom. The number of rotatable bonds is 2. The van der Waals surface area contributed by atoms with Gasteiger partial charge in [-0.3, -0.25) is 0 Å². The minimum absolute atomic E-state index is 0.0604. The van der Waals surface area contributed by atoms with Gasteiger partial charge in [-0.05, 0) is 18.1 Å². The van der Waals surface area contributed by atoms with Gasteiger partial charge in [0.05, 0.1) is 5.02 Å². The normalized spacial score (nSPS) is 11.6. The first-order chi connectivity index (χ1) is 6.52. The molecule has 0 aromatic heterocycles. The fourth-order valence-electron chi connectivity index (χ4n) is 0.984. The van der Waals surface area contributed by atoms with Gasteiger partial charge < -0.3 is 0 Å². The second-order valence-electron chi connectivity index (χ2n) is 3.36. The van der Waals surface area contributed by atoms with E-state index in [-0.39, 0.29) is 16.5 Å². The molecule has 0 aliphatic heterocycles. The van der Waals surface area contributed by atoms with Crippen LogP contribution in [0.2, 0.25) is 5.02 Å². The smallest absolute Gasteiger partial charge is 0.151 e. The summed E-state index contributed by atoms with van der Waals surface area (Å²) in [7, 11) is 0. The SMILES string of the molecule is CC(C)/C=C/c1c(F)ccc(Cl)c1F. The fourth-order valence-corrected chi connectivity index (χ4v) is 1.15. The molecule has 0 saturated heterocycles. The Morgan fingerprint density at radius 3 is 2.50 bits per heavy atom. The highest BCUT2D eigenvalue weighted by Gasteiger charge is 2.09. The van der Waals surface area contributed by atoms with Gasteiger partial charge in [0.25, 0.3) is 0 Å². The predicted molar refractivity (Wildman–Crippen MR) is 55.2 cm³/mol. The second-order valence-corrected chi connectivity index (χ2v) is 3.77. The van der Waals surface area contributed by atoms with Crippen molar-refractivity contribution in [3.05, 3.63) is 40.4 Å². The van der Waals surface area contributed by atoms with Crippen LogP contribution in [0, 0.1) is 17.6 Å². The van der Waals surface area contributed by atoms with Crippen molar-refractivity contribution in [3.8, 4) is 0 Å². The number of benzene rings is 1. The lowest BCUT2D eigenvalue weighted by Gasteiger charge is -2.01. The molecular formula is C11H11ClF2. The van der Waals surface area contributed by atoms with Crippen LogP contribution >= 0.6 is 11.6 Å². The predicted octanol–water partition coefficient (Wildman–Crippen LogP) is 4.29. The van der Waals surface area contributed by atoms with Crippen LogP contribution in [0.25, 0.3) is 6.08 Å². The van der Waals surface area contributed by atoms with Crippen LogP contribution < -0.4 is 0 Å². The summed E-state index contributed by atoms with van der Waals surface area (Å²) in [5.74, 6) is -1.06. The Hall–Kier alpha value is -0.890. The van der Waals surface area contributed by atoms with Crippen LogP contribution in [0.15, 0.2) is 18.2 Å². The first-order valence-corrected chi connectivity index (χ1v) is 4.72. The monoisotopic (exact) mass is 216 g/mol. The van der Waals surface area contributed by atoms with Crippen molar-refractivity contribution >= 4 is 17.7 Å². The standard InChI is InChI=1S/C11H11ClF2/c1-7(2)3-4-8-10(13)6-5-9(12)11(8)14/h3-7H,1-2H3/b4-3+. The van der Waals surface area contributed by atoms with Crippen LogP contribution in [0.4, 0.5) is 8.78 Å². The van der Waals surface area contributed by atoms with Crippen molar-refractivity contribution < 1.29 is 8.78 Å². The molecule has 0 radical (unpaired) electrons. The van der Waals surface area contributed by atoms with Crippen molar-refractivity contribution in [3.63, 3.8) is 0 Å². The molecule has 3 heteroatoms. The fraction of sp³-hybridized carbons (Fsp3) is 0.273. The molecule has 0 amide bonds. The second kappa shape index (κ2) is 4.56. The van der Waals surface area contributed by atoms with Crippen molar-refractivity contribution in [2.24, 2.45) is 5.92 Å². The maximum Gasteiger partial charge on any atom is 0.151 e. The van der Waals surface area contributed by atoms with Crippen molar-refractivity contribution in [1.29, 1.82) is 0 Å². The first kappa shape index (κ1) is 11.2. The largest absolute Gasteiger partial charge is 0.206 e. The molecule has 0 heterocycles. The summed E-state index contributed by atoms with van der Waals surface area (Å²) in [5, 5.41) is -0.0604. The third kappa shape index (κ3) is 2.55. The summed E-state index contributed by atoms with van der Waals surface area (Å²) in [4.78, 5) is 0. The lowest BCUT2D eigenvalue weighted by molar-refractivity contribution is 0.579. The van der Waals surface area contributed by atoms with Crippen molar-refractivity contribution in [1.82, 2.24) is 0 Å². The summed E-state index contributed by atoms with van der Waals surface area (Å²) < 4.78 is 26.4. The van der Waals surface area contributed by atoms with Gasteiger partial charge in [-0.2, -0.15) is 0 Å². The van der Waals surface area contributed by atoms with E-state index in [4.69, 9.17) is 11.6 Å². The van der Waals surface area contributed by atoms with E-state index in [1.807, 2.05) is 13.8 Å². The molecule has 14 heavy (non-hydrogen) atoms. The average molecular weight is 217 g/mol. The Labute approximate surface area is 87.2 Å². The van der Waals surface area contributed by atoms with E-state index in [0.717, 1.165) is 6.07 Å². The van der Waals surface area contributed by atoms with E-state index in [2.05, 4.69) is 0 Å². The van der Waals surface area contributed by atoms with Crippen molar-refractivity contribution in [2.75, 3.05) is 0 Å². The first-order valence-electron chi connectivity index (χ1n) is 4.34. The van der Waals surface area contributed by atoms with Gasteiger partial charge >= 0.3 is 0 Å². The highest BCUT2D eigenvalue weighted by Crippen LogP contribution is 2.22.